The Morgan fingerprint density at radius 1 is 1.50 bits per heavy atom. The highest BCUT2D eigenvalue weighted by atomic mass is 79.9. The van der Waals surface area contributed by atoms with Crippen molar-refractivity contribution >= 4 is 37.8 Å². The number of rotatable bonds is 2. The van der Waals surface area contributed by atoms with E-state index in [1.807, 2.05) is 0 Å². The third kappa shape index (κ3) is 2.09. The molecule has 0 saturated heterocycles. The SMILES string of the molecule is O=C(O)c1ncc(Br)c(C(F)F)c1Br. The molecule has 0 aromatic carbocycles. The first-order chi connectivity index (χ1) is 6.45. The van der Waals surface area contributed by atoms with Crippen LogP contribution in [0.1, 0.15) is 22.5 Å². The Kier molecular flexibility index (Phi) is 3.54. The van der Waals surface area contributed by atoms with Crippen LogP contribution in [0.25, 0.3) is 0 Å². The smallest absolute Gasteiger partial charge is 0.355 e. The van der Waals surface area contributed by atoms with E-state index in [2.05, 4.69) is 36.8 Å². The lowest BCUT2D eigenvalue weighted by Crippen LogP contribution is -2.04. The average Bonchev–Trinajstić information content (AvgIpc) is 2.02. The van der Waals surface area contributed by atoms with Crippen molar-refractivity contribution in [3.05, 3.63) is 26.4 Å². The Balaban J connectivity index is 3.41. The molecule has 0 saturated carbocycles. The van der Waals surface area contributed by atoms with Crippen LogP contribution in [0.15, 0.2) is 15.1 Å². The van der Waals surface area contributed by atoms with Gasteiger partial charge in [0.1, 0.15) is 0 Å². The Bertz CT molecular complexity index is 384. The number of aromatic nitrogens is 1. The molecule has 0 fully saturated rings. The number of carbonyl (C=O) groups is 1. The summed E-state index contributed by atoms with van der Waals surface area (Å²) < 4.78 is 24.8. The highest BCUT2D eigenvalue weighted by molar-refractivity contribution is 9.11. The zero-order valence-corrected chi connectivity index (χ0v) is 9.64. The molecule has 0 aliphatic carbocycles. The quantitative estimate of drug-likeness (QED) is 0.905. The molecule has 14 heavy (non-hydrogen) atoms. The number of halogens is 4. The molecule has 7 heteroatoms. The van der Waals surface area contributed by atoms with Gasteiger partial charge in [0, 0.05) is 10.7 Å². The summed E-state index contributed by atoms with van der Waals surface area (Å²) in [4.78, 5) is 14.0. The van der Waals surface area contributed by atoms with Gasteiger partial charge in [-0.1, -0.05) is 0 Å². The van der Waals surface area contributed by atoms with Crippen molar-refractivity contribution in [2.24, 2.45) is 0 Å². The zero-order valence-electron chi connectivity index (χ0n) is 6.47. The van der Waals surface area contributed by atoms with Crippen LogP contribution in [0.4, 0.5) is 8.78 Å². The minimum absolute atomic E-state index is 0.0735. The second-order valence-electron chi connectivity index (χ2n) is 2.29. The summed E-state index contributed by atoms with van der Waals surface area (Å²) >= 11 is 5.65. The minimum Gasteiger partial charge on any atom is -0.476 e. The molecule has 0 aliphatic heterocycles. The fraction of sp³-hybridized carbons (Fsp3) is 0.143. The summed E-state index contributed by atoms with van der Waals surface area (Å²) in [6.07, 6.45) is -1.73. The maximum Gasteiger partial charge on any atom is 0.355 e. The number of carboxylic acid groups (broad SMARTS) is 1. The molecule has 76 valence electrons. The van der Waals surface area contributed by atoms with Crippen molar-refractivity contribution in [2.75, 3.05) is 0 Å². The third-order valence-corrected chi connectivity index (χ3v) is 2.86. The minimum atomic E-state index is -2.76. The van der Waals surface area contributed by atoms with E-state index in [0.717, 1.165) is 6.20 Å². The van der Waals surface area contributed by atoms with Crippen LogP contribution in [0.3, 0.4) is 0 Å². The average molecular weight is 331 g/mol. The second-order valence-corrected chi connectivity index (χ2v) is 3.94. The van der Waals surface area contributed by atoms with Crippen molar-refractivity contribution in [3.63, 3.8) is 0 Å². The van der Waals surface area contributed by atoms with Crippen LogP contribution in [0, 0.1) is 0 Å². The number of hydrogen-bond acceptors (Lipinski definition) is 2. The molecule has 0 spiro atoms. The van der Waals surface area contributed by atoms with E-state index in [1.54, 1.807) is 0 Å². The Morgan fingerprint density at radius 2 is 2.07 bits per heavy atom. The van der Waals surface area contributed by atoms with Gasteiger partial charge in [0.25, 0.3) is 6.43 Å². The molecule has 0 bridgehead atoms. The predicted octanol–water partition coefficient (Wildman–Crippen LogP) is 3.24. The van der Waals surface area contributed by atoms with Crippen LogP contribution in [0.2, 0.25) is 0 Å². The number of carboxylic acids is 1. The molecule has 0 atom stereocenters. The first-order valence-corrected chi connectivity index (χ1v) is 4.89. The van der Waals surface area contributed by atoms with Crippen LogP contribution in [-0.4, -0.2) is 16.1 Å². The lowest BCUT2D eigenvalue weighted by molar-refractivity contribution is 0.0688. The van der Waals surface area contributed by atoms with E-state index in [9.17, 15) is 13.6 Å². The van der Waals surface area contributed by atoms with Gasteiger partial charge in [-0.25, -0.2) is 18.6 Å². The molecule has 1 N–H and O–H groups in total. The van der Waals surface area contributed by atoms with Gasteiger partial charge in [0.05, 0.1) is 10.0 Å². The van der Waals surface area contributed by atoms with Gasteiger partial charge >= 0.3 is 5.97 Å². The van der Waals surface area contributed by atoms with Gasteiger partial charge < -0.3 is 5.11 Å². The highest BCUT2D eigenvalue weighted by Gasteiger charge is 2.22. The molecule has 3 nitrogen and oxygen atoms in total. The first-order valence-electron chi connectivity index (χ1n) is 3.30. The summed E-state index contributed by atoms with van der Waals surface area (Å²) in [5.41, 5.74) is -0.832. The fourth-order valence-corrected chi connectivity index (χ4v) is 2.23. The van der Waals surface area contributed by atoms with Crippen molar-refractivity contribution in [2.45, 2.75) is 6.43 Å². The van der Waals surface area contributed by atoms with Crippen LogP contribution in [0.5, 0.6) is 0 Å². The zero-order chi connectivity index (χ0) is 10.9. The number of nitrogens with zero attached hydrogens (tertiary/aromatic N) is 1. The summed E-state index contributed by atoms with van der Waals surface area (Å²) in [6.45, 7) is 0. The van der Waals surface area contributed by atoms with E-state index in [-0.39, 0.29) is 8.95 Å². The number of aromatic carboxylic acids is 1. The van der Waals surface area contributed by atoms with Gasteiger partial charge in [0.15, 0.2) is 5.69 Å². The van der Waals surface area contributed by atoms with Crippen molar-refractivity contribution in [1.82, 2.24) is 4.98 Å². The molecule has 0 unspecified atom stereocenters. The lowest BCUT2D eigenvalue weighted by atomic mass is 10.2. The molecule has 0 amide bonds. The molecule has 1 heterocycles. The maximum absolute atomic E-state index is 12.5. The number of alkyl halides is 2. The van der Waals surface area contributed by atoms with E-state index < -0.39 is 23.7 Å². The molecule has 0 aliphatic rings. The van der Waals surface area contributed by atoms with Gasteiger partial charge in [-0.3, -0.25) is 0 Å². The van der Waals surface area contributed by atoms with Gasteiger partial charge in [0.2, 0.25) is 0 Å². The largest absolute Gasteiger partial charge is 0.476 e. The Labute approximate surface area is 94.4 Å². The fourth-order valence-electron chi connectivity index (χ4n) is 0.829. The van der Waals surface area contributed by atoms with Crippen molar-refractivity contribution < 1.29 is 18.7 Å². The molecule has 1 rings (SSSR count). The van der Waals surface area contributed by atoms with Crippen LogP contribution in [-0.2, 0) is 0 Å². The molecular weight excluding hydrogens is 328 g/mol. The first kappa shape index (κ1) is 11.5. The number of pyridine rings is 1. The Hall–Kier alpha value is -0.560. The second kappa shape index (κ2) is 4.31. The van der Waals surface area contributed by atoms with Crippen molar-refractivity contribution in [1.29, 1.82) is 0 Å². The lowest BCUT2D eigenvalue weighted by Gasteiger charge is -2.07. The summed E-state index contributed by atoms with van der Waals surface area (Å²) in [6, 6.07) is 0. The molecule has 1 aromatic rings. The molecule has 0 radical (unpaired) electrons. The summed E-state index contributed by atoms with van der Waals surface area (Å²) in [5.74, 6) is -1.36. The van der Waals surface area contributed by atoms with Gasteiger partial charge in [-0.2, -0.15) is 0 Å². The Morgan fingerprint density at radius 3 is 2.50 bits per heavy atom. The summed E-state index contributed by atoms with van der Waals surface area (Å²) in [7, 11) is 0. The molecular formula is C7H3Br2F2NO2. The predicted molar refractivity (Wildman–Crippen MR) is 51.6 cm³/mol. The normalized spacial score (nSPS) is 10.6. The van der Waals surface area contributed by atoms with Crippen LogP contribution >= 0.6 is 31.9 Å². The van der Waals surface area contributed by atoms with Crippen molar-refractivity contribution in [3.8, 4) is 0 Å². The number of hydrogen-bond donors (Lipinski definition) is 1. The van der Waals surface area contributed by atoms with E-state index >= 15 is 0 Å². The molecule has 1 aromatic heterocycles. The standard InChI is InChI=1S/C7H3Br2F2NO2/c8-2-1-12-5(7(13)14)4(9)3(2)6(10)11/h1,6H,(H,13,14). The van der Waals surface area contributed by atoms with Crippen LogP contribution < -0.4 is 0 Å². The van der Waals surface area contributed by atoms with E-state index in [4.69, 9.17) is 5.11 Å². The maximum atomic E-state index is 12.5. The topological polar surface area (TPSA) is 50.2 Å². The van der Waals surface area contributed by atoms with Gasteiger partial charge in [-0.15, -0.1) is 0 Å². The third-order valence-electron chi connectivity index (χ3n) is 1.43. The monoisotopic (exact) mass is 329 g/mol. The van der Waals surface area contributed by atoms with E-state index in [1.165, 1.54) is 0 Å². The highest BCUT2D eigenvalue weighted by Crippen LogP contribution is 2.34. The summed E-state index contributed by atoms with van der Waals surface area (Å²) in [5, 5.41) is 8.61. The van der Waals surface area contributed by atoms with E-state index in [0.29, 0.717) is 0 Å². The van der Waals surface area contributed by atoms with Gasteiger partial charge in [-0.05, 0) is 31.9 Å².